The van der Waals surface area contributed by atoms with Crippen molar-refractivity contribution in [3.8, 4) is 0 Å². The standard InChI is InChI=1S/C12H16N2O5S/c1-7(5-8-3-2-4-20-8)13-12(19)14-9(11(17)18)6-10(15)16/h2-4,7,9H,5-6H2,1H3,(H,15,16)(H,17,18)(H2,13,14,19)/t7?,9-/m0/s1. The second kappa shape index (κ2) is 7.49. The van der Waals surface area contributed by atoms with Crippen molar-refractivity contribution >= 4 is 29.3 Å². The van der Waals surface area contributed by atoms with E-state index >= 15 is 0 Å². The zero-order chi connectivity index (χ0) is 15.1. The molecule has 0 bridgehead atoms. The zero-order valence-electron chi connectivity index (χ0n) is 10.8. The first-order valence-corrected chi connectivity index (χ1v) is 6.80. The van der Waals surface area contributed by atoms with Crippen molar-refractivity contribution in [1.29, 1.82) is 0 Å². The predicted molar refractivity (Wildman–Crippen MR) is 72.8 cm³/mol. The van der Waals surface area contributed by atoms with Gasteiger partial charge in [0, 0.05) is 17.3 Å². The number of thiophene rings is 1. The van der Waals surface area contributed by atoms with Crippen molar-refractivity contribution in [2.24, 2.45) is 0 Å². The molecule has 2 amide bonds. The smallest absolute Gasteiger partial charge is 0.326 e. The number of hydrogen-bond donors (Lipinski definition) is 4. The summed E-state index contributed by atoms with van der Waals surface area (Å²) in [6, 6.07) is 1.52. The third kappa shape index (κ3) is 5.70. The SMILES string of the molecule is CC(Cc1cccs1)NC(=O)N[C@@H](CC(=O)O)C(=O)O. The van der Waals surface area contributed by atoms with E-state index in [0.29, 0.717) is 6.42 Å². The van der Waals surface area contributed by atoms with Gasteiger partial charge in [-0.25, -0.2) is 9.59 Å². The minimum atomic E-state index is -1.44. The first kappa shape index (κ1) is 16.0. The molecule has 1 aromatic rings. The maximum atomic E-state index is 11.6. The summed E-state index contributed by atoms with van der Waals surface area (Å²) in [5, 5.41) is 24.0. The first-order valence-electron chi connectivity index (χ1n) is 5.92. The van der Waals surface area contributed by atoms with Gasteiger partial charge in [-0.1, -0.05) is 6.07 Å². The molecule has 0 fully saturated rings. The van der Waals surface area contributed by atoms with E-state index in [4.69, 9.17) is 10.2 Å². The van der Waals surface area contributed by atoms with Crippen LogP contribution in [0, 0.1) is 0 Å². The van der Waals surface area contributed by atoms with E-state index in [0.717, 1.165) is 4.88 Å². The van der Waals surface area contributed by atoms with Crippen molar-refractivity contribution in [2.45, 2.75) is 31.8 Å². The lowest BCUT2D eigenvalue weighted by Crippen LogP contribution is -2.49. The van der Waals surface area contributed by atoms with Gasteiger partial charge in [-0.15, -0.1) is 11.3 Å². The Labute approximate surface area is 119 Å². The van der Waals surface area contributed by atoms with Crippen molar-refractivity contribution in [2.75, 3.05) is 0 Å². The lowest BCUT2D eigenvalue weighted by molar-refractivity contribution is -0.145. The minimum absolute atomic E-state index is 0.187. The van der Waals surface area contributed by atoms with Crippen LogP contribution < -0.4 is 10.6 Å². The number of aliphatic carboxylic acids is 2. The van der Waals surface area contributed by atoms with Crippen LogP contribution in [-0.4, -0.2) is 40.3 Å². The van der Waals surface area contributed by atoms with E-state index < -0.39 is 30.4 Å². The summed E-state index contributed by atoms with van der Waals surface area (Å²) in [4.78, 5) is 34.0. The third-order valence-corrected chi connectivity index (χ3v) is 3.35. The Hall–Kier alpha value is -2.09. The minimum Gasteiger partial charge on any atom is -0.481 e. The fourth-order valence-corrected chi connectivity index (χ4v) is 2.42. The van der Waals surface area contributed by atoms with Gasteiger partial charge >= 0.3 is 18.0 Å². The molecule has 0 aliphatic heterocycles. The number of nitrogens with one attached hydrogen (secondary N) is 2. The number of amides is 2. The van der Waals surface area contributed by atoms with Gasteiger partial charge in [0.05, 0.1) is 6.42 Å². The van der Waals surface area contributed by atoms with Gasteiger partial charge in [-0.05, 0) is 18.4 Å². The van der Waals surface area contributed by atoms with Crippen LogP contribution >= 0.6 is 11.3 Å². The van der Waals surface area contributed by atoms with Crippen LogP contribution in [0.25, 0.3) is 0 Å². The van der Waals surface area contributed by atoms with E-state index in [1.54, 1.807) is 18.3 Å². The summed E-state index contributed by atoms with van der Waals surface area (Å²) in [5.74, 6) is -2.67. The highest BCUT2D eigenvalue weighted by Gasteiger charge is 2.23. The highest BCUT2D eigenvalue weighted by molar-refractivity contribution is 7.09. The Kier molecular flexibility index (Phi) is 5.98. The highest BCUT2D eigenvalue weighted by Crippen LogP contribution is 2.10. The zero-order valence-corrected chi connectivity index (χ0v) is 11.6. The van der Waals surface area contributed by atoms with Gasteiger partial charge in [-0.3, -0.25) is 4.79 Å². The number of urea groups is 1. The maximum absolute atomic E-state index is 11.6. The molecule has 1 rings (SSSR count). The van der Waals surface area contributed by atoms with Crippen LogP contribution in [0.4, 0.5) is 4.79 Å². The van der Waals surface area contributed by atoms with Gasteiger partial charge in [0.25, 0.3) is 0 Å². The number of carbonyl (C=O) groups is 3. The predicted octanol–water partition coefficient (Wildman–Crippen LogP) is 0.906. The molecule has 0 radical (unpaired) electrons. The average molecular weight is 300 g/mol. The number of rotatable bonds is 7. The fourth-order valence-electron chi connectivity index (χ4n) is 1.58. The number of carbonyl (C=O) groups excluding carboxylic acids is 1. The lowest BCUT2D eigenvalue weighted by Gasteiger charge is -2.17. The fraction of sp³-hybridized carbons (Fsp3) is 0.417. The van der Waals surface area contributed by atoms with Crippen LogP contribution in [0.1, 0.15) is 18.2 Å². The first-order chi connectivity index (χ1) is 9.38. The molecule has 20 heavy (non-hydrogen) atoms. The third-order valence-electron chi connectivity index (χ3n) is 2.45. The Morgan fingerprint density at radius 2 is 2.00 bits per heavy atom. The van der Waals surface area contributed by atoms with Crippen molar-refractivity contribution in [1.82, 2.24) is 10.6 Å². The Morgan fingerprint density at radius 3 is 2.50 bits per heavy atom. The number of carboxylic acid groups (broad SMARTS) is 2. The largest absolute Gasteiger partial charge is 0.481 e. The van der Waals surface area contributed by atoms with Crippen molar-refractivity contribution in [3.05, 3.63) is 22.4 Å². The van der Waals surface area contributed by atoms with Crippen LogP contribution in [-0.2, 0) is 16.0 Å². The van der Waals surface area contributed by atoms with Gasteiger partial charge < -0.3 is 20.8 Å². The molecule has 0 aliphatic carbocycles. The van der Waals surface area contributed by atoms with Crippen molar-refractivity contribution < 1.29 is 24.6 Å². The molecule has 1 heterocycles. The number of carboxylic acids is 2. The van der Waals surface area contributed by atoms with Gasteiger partial charge in [-0.2, -0.15) is 0 Å². The number of hydrogen-bond acceptors (Lipinski definition) is 4. The van der Waals surface area contributed by atoms with E-state index in [-0.39, 0.29) is 6.04 Å². The van der Waals surface area contributed by atoms with Crippen LogP contribution in [0.15, 0.2) is 17.5 Å². The van der Waals surface area contributed by atoms with Gasteiger partial charge in [0.15, 0.2) is 0 Å². The van der Waals surface area contributed by atoms with E-state index in [2.05, 4.69) is 10.6 Å². The topological polar surface area (TPSA) is 116 Å². The van der Waals surface area contributed by atoms with Gasteiger partial charge in [0.2, 0.25) is 0 Å². The van der Waals surface area contributed by atoms with Gasteiger partial charge in [0.1, 0.15) is 6.04 Å². The molecule has 8 heteroatoms. The Morgan fingerprint density at radius 1 is 1.30 bits per heavy atom. The van der Waals surface area contributed by atoms with Crippen molar-refractivity contribution in [3.63, 3.8) is 0 Å². The molecule has 7 nitrogen and oxygen atoms in total. The average Bonchev–Trinajstić information content (AvgIpc) is 2.79. The maximum Gasteiger partial charge on any atom is 0.326 e. The summed E-state index contributed by atoms with van der Waals surface area (Å²) < 4.78 is 0. The summed E-state index contributed by atoms with van der Waals surface area (Å²) in [5.41, 5.74) is 0. The van der Waals surface area contributed by atoms with E-state index in [1.165, 1.54) is 0 Å². The van der Waals surface area contributed by atoms with E-state index in [1.807, 2.05) is 17.5 Å². The summed E-state index contributed by atoms with van der Waals surface area (Å²) in [6.07, 6.45) is -0.0379. The Bertz CT molecular complexity index is 474. The molecule has 0 saturated heterocycles. The second-order valence-electron chi connectivity index (χ2n) is 4.29. The molecule has 1 aromatic heterocycles. The molecule has 110 valence electrons. The highest BCUT2D eigenvalue weighted by atomic mass is 32.1. The van der Waals surface area contributed by atoms with Crippen LogP contribution in [0.2, 0.25) is 0 Å². The summed E-state index contributed by atoms with van der Waals surface area (Å²) >= 11 is 1.56. The molecular formula is C12H16N2O5S. The summed E-state index contributed by atoms with van der Waals surface area (Å²) in [6.45, 7) is 1.78. The van der Waals surface area contributed by atoms with Crippen LogP contribution in [0.5, 0.6) is 0 Å². The molecule has 1 unspecified atom stereocenters. The quantitative estimate of drug-likeness (QED) is 0.597. The normalized spacial score (nSPS) is 13.2. The monoisotopic (exact) mass is 300 g/mol. The van der Waals surface area contributed by atoms with E-state index in [9.17, 15) is 14.4 Å². The molecule has 0 spiro atoms. The molecule has 0 aliphatic rings. The molecule has 2 atom stereocenters. The molecular weight excluding hydrogens is 284 g/mol. The summed E-state index contributed by atoms with van der Waals surface area (Å²) in [7, 11) is 0. The molecule has 0 saturated carbocycles. The molecule has 4 N–H and O–H groups in total. The lowest BCUT2D eigenvalue weighted by atomic mass is 10.2. The second-order valence-corrected chi connectivity index (χ2v) is 5.32. The Balaban J connectivity index is 2.44. The molecule has 0 aromatic carbocycles. The van der Waals surface area contributed by atoms with Crippen LogP contribution in [0.3, 0.4) is 0 Å².